The van der Waals surface area contributed by atoms with Crippen LogP contribution in [0.4, 0.5) is 0 Å². The second-order valence-electron chi connectivity index (χ2n) is 4.51. The van der Waals surface area contributed by atoms with E-state index in [1.807, 2.05) is 24.4 Å². The number of carbonyl (C=O) groups excluding carboxylic acids is 1. The maximum absolute atomic E-state index is 11.5. The summed E-state index contributed by atoms with van der Waals surface area (Å²) in [5.74, 6) is 0. The van der Waals surface area contributed by atoms with Crippen LogP contribution in [0.3, 0.4) is 0 Å². The molecule has 0 atom stereocenters. The number of nitrogens with zero attached hydrogens (tertiary/aromatic N) is 2. The molecule has 0 N–H and O–H groups in total. The molecule has 0 aromatic carbocycles. The largest absolute Gasteiger partial charge is 0.344 e. The van der Waals surface area contributed by atoms with E-state index in [1.54, 1.807) is 6.20 Å². The van der Waals surface area contributed by atoms with Gasteiger partial charge >= 0.3 is 0 Å². The van der Waals surface area contributed by atoms with Crippen LogP contribution >= 0.6 is 11.6 Å². The minimum Gasteiger partial charge on any atom is -0.344 e. The SMILES string of the molecule is O=C(Cl)c1cc(-c2cccnc2)n2c1CCCC2. The standard InChI is InChI=1S/C14H13ClN2O/c15-14(18)11-8-13(10-4-3-6-16-9-10)17-7-2-1-5-12(11)17/h3-4,6,8-9H,1-2,5,7H2. The molecule has 0 spiro atoms. The number of hydrogen-bond donors (Lipinski definition) is 0. The molecule has 92 valence electrons. The Hall–Kier alpha value is -1.61. The van der Waals surface area contributed by atoms with Gasteiger partial charge in [-0.25, -0.2) is 0 Å². The maximum atomic E-state index is 11.5. The zero-order valence-electron chi connectivity index (χ0n) is 9.90. The van der Waals surface area contributed by atoms with Gasteiger partial charge in [0, 0.05) is 30.2 Å². The molecule has 18 heavy (non-hydrogen) atoms. The van der Waals surface area contributed by atoms with Crippen molar-refractivity contribution in [3.05, 3.63) is 41.9 Å². The van der Waals surface area contributed by atoms with Crippen molar-refractivity contribution in [2.75, 3.05) is 0 Å². The van der Waals surface area contributed by atoms with Gasteiger partial charge in [-0.3, -0.25) is 9.78 Å². The molecule has 1 aliphatic heterocycles. The van der Waals surface area contributed by atoms with Crippen LogP contribution < -0.4 is 0 Å². The zero-order chi connectivity index (χ0) is 12.5. The third-order valence-corrected chi connectivity index (χ3v) is 3.63. The van der Waals surface area contributed by atoms with E-state index in [4.69, 9.17) is 11.6 Å². The van der Waals surface area contributed by atoms with Gasteiger partial charge in [0.2, 0.25) is 0 Å². The maximum Gasteiger partial charge on any atom is 0.254 e. The van der Waals surface area contributed by atoms with E-state index in [1.165, 1.54) is 0 Å². The minimum atomic E-state index is -0.365. The quantitative estimate of drug-likeness (QED) is 0.777. The van der Waals surface area contributed by atoms with Crippen LogP contribution in [0, 0.1) is 0 Å². The van der Waals surface area contributed by atoms with E-state index in [0.29, 0.717) is 5.56 Å². The van der Waals surface area contributed by atoms with Crippen molar-refractivity contribution in [1.29, 1.82) is 0 Å². The predicted molar refractivity (Wildman–Crippen MR) is 70.8 cm³/mol. The van der Waals surface area contributed by atoms with Gasteiger partial charge in [0.1, 0.15) is 0 Å². The molecule has 3 heterocycles. The number of fused-ring (bicyclic) bond motifs is 1. The first-order chi connectivity index (χ1) is 8.77. The summed E-state index contributed by atoms with van der Waals surface area (Å²) in [5, 5.41) is -0.365. The van der Waals surface area contributed by atoms with Crippen LogP contribution in [0.2, 0.25) is 0 Å². The number of carbonyl (C=O) groups is 1. The first-order valence-electron chi connectivity index (χ1n) is 6.10. The van der Waals surface area contributed by atoms with Crippen LogP contribution in [0.5, 0.6) is 0 Å². The average Bonchev–Trinajstić information content (AvgIpc) is 2.79. The molecule has 3 rings (SSSR count). The fourth-order valence-corrected chi connectivity index (χ4v) is 2.76. The Kier molecular flexibility index (Phi) is 2.92. The van der Waals surface area contributed by atoms with Gasteiger partial charge in [-0.2, -0.15) is 0 Å². The Morgan fingerprint density at radius 1 is 1.39 bits per heavy atom. The second kappa shape index (κ2) is 4.58. The molecule has 0 saturated heterocycles. The topological polar surface area (TPSA) is 34.9 Å². The zero-order valence-corrected chi connectivity index (χ0v) is 10.7. The summed E-state index contributed by atoms with van der Waals surface area (Å²) < 4.78 is 2.20. The smallest absolute Gasteiger partial charge is 0.254 e. The van der Waals surface area contributed by atoms with Gasteiger partial charge in [-0.15, -0.1) is 0 Å². The number of aromatic nitrogens is 2. The van der Waals surface area contributed by atoms with Gasteiger partial charge in [-0.1, -0.05) is 0 Å². The van der Waals surface area contributed by atoms with Crippen molar-refractivity contribution in [3.8, 4) is 11.3 Å². The minimum absolute atomic E-state index is 0.365. The van der Waals surface area contributed by atoms with E-state index in [0.717, 1.165) is 42.8 Å². The van der Waals surface area contributed by atoms with Gasteiger partial charge in [0.05, 0.1) is 11.3 Å². The lowest BCUT2D eigenvalue weighted by molar-refractivity contribution is 0.108. The van der Waals surface area contributed by atoms with Crippen molar-refractivity contribution in [2.24, 2.45) is 0 Å². The van der Waals surface area contributed by atoms with Gasteiger partial charge in [0.15, 0.2) is 0 Å². The Bertz CT molecular complexity index is 589. The molecule has 0 saturated carbocycles. The van der Waals surface area contributed by atoms with E-state index in [-0.39, 0.29) is 5.24 Å². The number of halogens is 1. The molecule has 3 nitrogen and oxygen atoms in total. The van der Waals surface area contributed by atoms with E-state index in [9.17, 15) is 4.79 Å². The molecule has 2 aromatic rings. The van der Waals surface area contributed by atoms with Gasteiger partial charge < -0.3 is 4.57 Å². The Labute approximate surface area is 110 Å². The van der Waals surface area contributed by atoms with E-state index < -0.39 is 0 Å². The van der Waals surface area contributed by atoms with Crippen LogP contribution in [-0.4, -0.2) is 14.8 Å². The van der Waals surface area contributed by atoms with E-state index >= 15 is 0 Å². The fourth-order valence-electron chi connectivity index (χ4n) is 2.60. The number of hydrogen-bond acceptors (Lipinski definition) is 2. The van der Waals surface area contributed by atoms with Crippen molar-refractivity contribution < 1.29 is 4.79 Å². The highest BCUT2D eigenvalue weighted by molar-refractivity contribution is 6.68. The summed E-state index contributed by atoms with van der Waals surface area (Å²) in [6, 6.07) is 5.81. The lowest BCUT2D eigenvalue weighted by atomic mass is 10.1. The summed E-state index contributed by atoms with van der Waals surface area (Å²) in [6.45, 7) is 0.948. The van der Waals surface area contributed by atoms with Crippen LogP contribution in [0.25, 0.3) is 11.3 Å². The van der Waals surface area contributed by atoms with Crippen LogP contribution in [-0.2, 0) is 13.0 Å². The van der Waals surface area contributed by atoms with Crippen molar-refractivity contribution in [2.45, 2.75) is 25.8 Å². The molecule has 0 fully saturated rings. The molecular weight excluding hydrogens is 248 g/mol. The third-order valence-electron chi connectivity index (χ3n) is 3.42. The molecule has 4 heteroatoms. The molecule has 0 aliphatic carbocycles. The average molecular weight is 261 g/mol. The first-order valence-corrected chi connectivity index (χ1v) is 6.48. The highest BCUT2D eigenvalue weighted by Crippen LogP contribution is 2.30. The number of pyridine rings is 1. The van der Waals surface area contributed by atoms with Crippen LogP contribution in [0.1, 0.15) is 28.9 Å². The molecule has 0 bridgehead atoms. The third kappa shape index (κ3) is 1.85. The van der Waals surface area contributed by atoms with Crippen molar-refractivity contribution in [1.82, 2.24) is 9.55 Å². The molecule has 1 aliphatic rings. The molecule has 0 amide bonds. The van der Waals surface area contributed by atoms with Crippen molar-refractivity contribution >= 4 is 16.8 Å². The second-order valence-corrected chi connectivity index (χ2v) is 4.86. The molecule has 2 aromatic heterocycles. The normalized spacial score (nSPS) is 14.3. The fraction of sp³-hybridized carbons (Fsp3) is 0.286. The predicted octanol–water partition coefficient (Wildman–Crippen LogP) is 3.27. The Morgan fingerprint density at radius 2 is 2.28 bits per heavy atom. The highest BCUT2D eigenvalue weighted by Gasteiger charge is 2.21. The lowest BCUT2D eigenvalue weighted by Gasteiger charge is -2.18. The summed E-state index contributed by atoms with van der Waals surface area (Å²) in [6.07, 6.45) is 6.75. The van der Waals surface area contributed by atoms with Gasteiger partial charge in [0.25, 0.3) is 5.24 Å². The summed E-state index contributed by atoms with van der Waals surface area (Å²) in [5.41, 5.74) is 3.79. The van der Waals surface area contributed by atoms with Crippen LogP contribution in [0.15, 0.2) is 30.6 Å². The monoisotopic (exact) mass is 260 g/mol. The lowest BCUT2D eigenvalue weighted by Crippen LogP contribution is -2.12. The Morgan fingerprint density at radius 3 is 3.00 bits per heavy atom. The molecule has 0 radical (unpaired) electrons. The molecular formula is C14H13ClN2O. The number of rotatable bonds is 2. The van der Waals surface area contributed by atoms with E-state index in [2.05, 4.69) is 9.55 Å². The van der Waals surface area contributed by atoms with Gasteiger partial charge in [-0.05, 0) is 49.1 Å². The summed E-state index contributed by atoms with van der Waals surface area (Å²) in [7, 11) is 0. The summed E-state index contributed by atoms with van der Waals surface area (Å²) in [4.78, 5) is 15.6. The van der Waals surface area contributed by atoms with Crippen molar-refractivity contribution in [3.63, 3.8) is 0 Å². The highest BCUT2D eigenvalue weighted by atomic mass is 35.5. The molecule has 0 unspecified atom stereocenters. The Balaban J connectivity index is 2.18. The first kappa shape index (κ1) is 11.5. The summed E-state index contributed by atoms with van der Waals surface area (Å²) >= 11 is 5.67.